The van der Waals surface area contributed by atoms with E-state index in [1.54, 1.807) is 0 Å². The highest BCUT2D eigenvalue weighted by molar-refractivity contribution is 6.02. The van der Waals surface area contributed by atoms with Crippen LogP contribution in [0.2, 0.25) is 0 Å². The minimum Gasteiger partial charge on any atom is -0.878 e. The van der Waals surface area contributed by atoms with E-state index in [-0.39, 0.29) is 0 Å². The van der Waals surface area contributed by atoms with Crippen molar-refractivity contribution in [1.82, 2.24) is 0 Å². The zero-order chi connectivity index (χ0) is 7.98. The fourth-order valence-electron chi connectivity index (χ4n) is 0.276. The number of hydrogen-bond acceptors (Lipinski definition) is 3. The first-order chi connectivity index (χ1) is 4.66. The van der Waals surface area contributed by atoms with E-state index in [1.165, 1.54) is 0 Å². The van der Waals surface area contributed by atoms with Gasteiger partial charge in [-0.1, -0.05) is 0 Å². The number of carbonyl (C=O) groups excluding carboxylic acids is 1. The Kier molecular flexibility index (Phi) is 3.63. The van der Waals surface area contributed by atoms with E-state index >= 15 is 0 Å². The van der Waals surface area contributed by atoms with Crippen molar-refractivity contribution in [3.05, 3.63) is 24.5 Å². The second kappa shape index (κ2) is 4.31. The van der Waals surface area contributed by atoms with Gasteiger partial charge in [0.25, 0.3) is 0 Å². The predicted octanol–water partition coefficient (Wildman–Crippen LogP) is -0.930. The Morgan fingerprint density at radius 3 is 2.20 bits per heavy atom. The Morgan fingerprint density at radius 2 is 1.80 bits per heavy atom. The summed E-state index contributed by atoms with van der Waals surface area (Å²) in [5.74, 6) is -1.84. The third kappa shape index (κ3) is 4.58. The van der Waals surface area contributed by atoms with E-state index in [9.17, 15) is 14.7 Å². The Bertz CT molecular complexity index is 190. The number of carboxylic acids is 1. The van der Waals surface area contributed by atoms with Gasteiger partial charge in [0.2, 0.25) is 0 Å². The Hall–Kier alpha value is -1.58. The second-order valence-electron chi connectivity index (χ2n) is 1.38. The number of allylic oxidation sites excluding steroid dienone is 2. The van der Waals surface area contributed by atoms with Gasteiger partial charge in [-0.3, -0.25) is 4.79 Å². The van der Waals surface area contributed by atoms with Crippen molar-refractivity contribution in [2.45, 2.75) is 0 Å². The molecule has 4 heteroatoms. The minimum atomic E-state index is -1.22. The number of hydrogen-bond donors (Lipinski definition) is 1. The van der Waals surface area contributed by atoms with Crippen LogP contribution >= 0.6 is 0 Å². The van der Waals surface area contributed by atoms with Gasteiger partial charge in [-0.05, 0) is 12.2 Å². The number of aliphatic carboxylic acids is 1. The van der Waals surface area contributed by atoms with Gasteiger partial charge in [0, 0.05) is 6.08 Å². The van der Waals surface area contributed by atoms with Crippen molar-refractivity contribution in [1.29, 1.82) is 0 Å². The van der Waals surface area contributed by atoms with Gasteiger partial charge in [0.05, 0.1) is 0 Å². The third-order valence-electron chi connectivity index (χ3n) is 0.622. The van der Waals surface area contributed by atoms with E-state index in [0.29, 0.717) is 12.3 Å². The van der Waals surface area contributed by atoms with Gasteiger partial charge in [0.1, 0.15) is 0 Å². The highest BCUT2D eigenvalue weighted by Crippen LogP contribution is 1.78. The van der Waals surface area contributed by atoms with E-state index < -0.39 is 11.8 Å². The summed E-state index contributed by atoms with van der Waals surface area (Å²) in [6, 6.07) is 0. The summed E-state index contributed by atoms with van der Waals surface area (Å²) in [5, 5.41) is 17.6. The summed E-state index contributed by atoms with van der Waals surface area (Å²) in [7, 11) is 0. The van der Waals surface area contributed by atoms with Crippen molar-refractivity contribution in [2.24, 2.45) is 0 Å². The summed E-state index contributed by atoms with van der Waals surface area (Å²) in [4.78, 5) is 20.1. The molecule has 0 aliphatic heterocycles. The van der Waals surface area contributed by atoms with Gasteiger partial charge in [-0.15, -0.1) is 6.26 Å². The molecule has 4 nitrogen and oxygen atoms in total. The van der Waals surface area contributed by atoms with Crippen LogP contribution in [0.15, 0.2) is 24.5 Å². The van der Waals surface area contributed by atoms with E-state index in [0.717, 1.165) is 12.2 Å². The predicted molar refractivity (Wildman–Crippen MR) is 30.9 cm³/mol. The monoisotopic (exact) mass is 141 g/mol. The van der Waals surface area contributed by atoms with E-state index in [2.05, 4.69) is 0 Å². The Balaban J connectivity index is 3.90. The Morgan fingerprint density at radius 1 is 1.20 bits per heavy atom. The van der Waals surface area contributed by atoms with Crippen molar-refractivity contribution in [3.63, 3.8) is 0 Å². The topological polar surface area (TPSA) is 77.4 Å². The van der Waals surface area contributed by atoms with Crippen LogP contribution in [0.3, 0.4) is 0 Å². The normalized spacial score (nSPS) is 10.8. The first-order valence-electron chi connectivity index (χ1n) is 2.40. The van der Waals surface area contributed by atoms with Gasteiger partial charge < -0.3 is 10.2 Å². The van der Waals surface area contributed by atoms with Crippen molar-refractivity contribution in [3.8, 4) is 0 Å². The molecule has 0 unspecified atom stereocenters. The molecular weight excluding hydrogens is 136 g/mol. The molecule has 0 heterocycles. The van der Waals surface area contributed by atoms with Gasteiger partial charge in [-0.2, -0.15) is 0 Å². The third-order valence-corrected chi connectivity index (χ3v) is 0.622. The molecule has 0 aromatic rings. The molecule has 10 heavy (non-hydrogen) atoms. The standard InChI is InChI=1S/C6H6O4/c7-4-3-5(8)1-2-6(9)10/h1-4,7H,(H,9,10)/p-1/b2-1-,4-3+. The molecule has 0 amide bonds. The van der Waals surface area contributed by atoms with E-state index in [4.69, 9.17) is 5.11 Å². The molecule has 0 aliphatic carbocycles. The number of carbonyl (C=O) groups is 2. The second-order valence-corrected chi connectivity index (χ2v) is 1.38. The molecule has 0 aromatic carbocycles. The molecule has 0 bridgehead atoms. The lowest BCUT2D eigenvalue weighted by molar-refractivity contribution is -0.274. The summed E-state index contributed by atoms with van der Waals surface area (Å²) >= 11 is 0. The Labute approximate surface area is 57.1 Å². The van der Waals surface area contributed by atoms with Gasteiger partial charge in [-0.25, -0.2) is 4.79 Å². The summed E-state index contributed by atoms with van der Waals surface area (Å²) in [5.41, 5.74) is 0. The van der Waals surface area contributed by atoms with Crippen LogP contribution in [0, 0.1) is 0 Å². The first kappa shape index (κ1) is 8.42. The average Bonchev–Trinajstić information content (AvgIpc) is 1.85. The fourth-order valence-corrected chi connectivity index (χ4v) is 0.276. The van der Waals surface area contributed by atoms with Crippen LogP contribution in [0.1, 0.15) is 0 Å². The van der Waals surface area contributed by atoms with Crippen LogP contribution in [-0.2, 0) is 9.59 Å². The lowest BCUT2D eigenvalue weighted by Crippen LogP contribution is -1.94. The minimum absolute atomic E-state index is 0.300. The molecule has 0 fully saturated rings. The van der Waals surface area contributed by atoms with Gasteiger partial charge in [0.15, 0.2) is 5.78 Å². The number of ketones is 1. The lowest BCUT2D eigenvalue weighted by atomic mass is 10.3. The molecule has 0 rings (SSSR count). The molecule has 54 valence electrons. The number of carboxylic acid groups (broad SMARTS) is 1. The first-order valence-corrected chi connectivity index (χ1v) is 2.40. The molecule has 0 spiro atoms. The van der Waals surface area contributed by atoms with Crippen LogP contribution in [0.4, 0.5) is 0 Å². The zero-order valence-electron chi connectivity index (χ0n) is 4.98. The highest BCUT2D eigenvalue weighted by Gasteiger charge is 1.88. The highest BCUT2D eigenvalue weighted by atomic mass is 16.4. The molecule has 0 aromatic heterocycles. The number of rotatable bonds is 3. The zero-order valence-corrected chi connectivity index (χ0v) is 4.98. The van der Waals surface area contributed by atoms with Crippen molar-refractivity contribution >= 4 is 11.8 Å². The van der Waals surface area contributed by atoms with Crippen LogP contribution in [0.5, 0.6) is 0 Å². The maximum atomic E-state index is 10.3. The fraction of sp³-hybridized carbons (Fsp3) is 0. The maximum Gasteiger partial charge on any atom is 0.328 e. The van der Waals surface area contributed by atoms with Crippen LogP contribution in [-0.4, -0.2) is 16.9 Å². The molecule has 0 saturated carbocycles. The molecular formula is C6H5O4-. The quantitative estimate of drug-likeness (QED) is 0.407. The van der Waals surface area contributed by atoms with Crippen LogP contribution < -0.4 is 5.11 Å². The van der Waals surface area contributed by atoms with Crippen molar-refractivity contribution < 1.29 is 19.8 Å². The summed E-state index contributed by atoms with van der Waals surface area (Å²) in [6.45, 7) is 0. The van der Waals surface area contributed by atoms with Gasteiger partial charge >= 0.3 is 5.97 Å². The maximum absolute atomic E-state index is 10.3. The van der Waals surface area contributed by atoms with Crippen LogP contribution in [0.25, 0.3) is 0 Å². The lowest BCUT2D eigenvalue weighted by Gasteiger charge is -1.84. The van der Waals surface area contributed by atoms with Crippen molar-refractivity contribution in [2.75, 3.05) is 0 Å². The SMILES string of the molecule is O=C(O)/C=C\C(=O)/C=C/[O-]. The average molecular weight is 141 g/mol. The molecule has 0 aliphatic rings. The van der Waals surface area contributed by atoms with E-state index in [1.807, 2.05) is 0 Å². The molecule has 0 atom stereocenters. The molecule has 0 radical (unpaired) electrons. The smallest absolute Gasteiger partial charge is 0.328 e. The summed E-state index contributed by atoms with van der Waals surface area (Å²) in [6.07, 6.45) is 2.51. The summed E-state index contributed by atoms with van der Waals surface area (Å²) < 4.78 is 0. The molecule has 0 saturated heterocycles. The molecule has 1 N–H and O–H groups in total. The largest absolute Gasteiger partial charge is 0.878 e.